The van der Waals surface area contributed by atoms with E-state index in [1.807, 2.05) is 0 Å². The third kappa shape index (κ3) is 2.82. The Hall–Kier alpha value is -2.71. The van der Waals surface area contributed by atoms with Gasteiger partial charge in [0.1, 0.15) is 5.84 Å². The Kier molecular flexibility index (Phi) is 3.26. The standard InChI is InChI=1S/C11H6F3N3O3/c12-11(13,14)9(18)5-7-3-4-16-6-8(17(19)20)1-2-10(16)15-7/h1-6H/b7-5-. The van der Waals surface area contributed by atoms with Gasteiger partial charge in [-0.05, 0) is 12.2 Å². The van der Waals surface area contributed by atoms with Crippen LogP contribution in [-0.4, -0.2) is 27.6 Å². The molecule has 0 aromatic rings. The first kappa shape index (κ1) is 13.7. The molecule has 104 valence electrons. The van der Waals surface area contributed by atoms with E-state index in [2.05, 4.69) is 4.99 Å². The molecule has 2 aliphatic rings. The van der Waals surface area contributed by atoms with Crippen molar-refractivity contribution in [3.05, 3.63) is 58.2 Å². The van der Waals surface area contributed by atoms with E-state index in [9.17, 15) is 28.1 Å². The lowest BCUT2D eigenvalue weighted by Gasteiger charge is -2.21. The summed E-state index contributed by atoms with van der Waals surface area (Å²) in [5, 5.41) is 10.6. The van der Waals surface area contributed by atoms with Crippen molar-refractivity contribution in [2.24, 2.45) is 4.99 Å². The van der Waals surface area contributed by atoms with E-state index in [4.69, 9.17) is 0 Å². The number of amidine groups is 1. The maximum atomic E-state index is 12.1. The minimum Gasteiger partial charge on any atom is -0.302 e. The van der Waals surface area contributed by atoms with Crippen LogP contribution in [-0.2, 0) is 4.79 Å². The molecule has 0 spiro atoms. The summed E-state index contributed by atoms with van der Waals surface area (Å²) in [4.78, 5) is 25.8. The fourth-order valence-corrected chi connectivity index (χ4v) is 1.44. The Morgan fingerprint density at radius 1 is 1.35 bits per heavy atom. The Labute approximate surface area is 110 Å². The summed E-state index contributed by atoms with van der Waals surface area (Å²) in [6.45, 7) is 0. The zero-order chi connectivity index (χ0) is 14.9. The first-order valence-electron chi connectivity index (χ1n) is 5.20. The number of carbonyl (C=O) groups excluding carboxylic acids is 1. The highest BCUT2D eigenvalue weighted by atomic mass is 19.4. The van der Waals surface area contributed by atoms with Crippen molar-refractivity contribution < 1.29 is 22.9 Å². The number of carbonyl (C=O) groups is 1. The summed E-state index contributed by atoms with van der Waals surface area (Å²) in [7, 11) is 0. The van der Waals surface area contributed by atoms with Gasteiger partial charge in [0.05, 0.1) is 16.8 Å². The van der Waals surface area contributed by atoms with E-state index in [-0.39, 0.29) is 17.2 Å². The monoisotopic (exact) mass is 285 g/mol. The number of fused-ring (bicyclic) bond motifs is 1. The van der Waals surface area contributed by atoms with Crippen molar-refractivity contribution in [1.82, 2.24) is 4.90 Å². The molecule has 6 nitrogen and oxygen atoms in total. The molecule has 0 bridgehead atoms. The van der Waals surface area contributed by atoms with Crippen LogP contribution in [0.4, 0.5) is 13.2 Å². The molecule has 0 saturated carbocycles. The van der Waals surface area contributed by atoms with Crippen LogP contribution in [0.5, 0.6) is 0 Å². The van der Waals surface area contributed by atoms with Gasteiger partial charge in [0.15, 0.2) is 0 Å². The van der Waals surface area contributed by atoms with Crippen LogP contribution in [0.3, 0.4) is 0 Å². The zero-order valence-electron chi connectivity index (χ0n) is 9.66. The quantitative estimate of drug-likeness (QED) is 0.441. The number of rotatable bonds is 2. The first-order chi connectivity index (χ1) is 9.27. The predicted octanol–water partition coefficient (Wildman–Crippen LogP) is 1.92. The Bertz CT molecular complexity index is 627. The summed E-state index contributed by atoms with van der Waals surface area (Å²) in [5.74, 6) is -1.84. The lowest BCUT2D eigenvalue weighted by Crippen LogP contribution is -2.25. The molecule has 0 aliphatic carbocycles. The minimum atomic E-state index is -4.96. The minimum absolute atomic E-state index is 0.179. The summed E-state index contributed by atoms with van der Waals surface area (Å²) >= 11 is 0. The highest BCUT2D eigenvalue weighted by Gasteiger charge is 2.36. The zero-order valence-corrected chi connectivity index (χ0v) is 9.66. The van der Waals surface area contributed by atoms with E-state index >= 15 is 0 Å². The first-order valence-corrected chi connectivity index (χ1v) is 5.20. The molecule has 2 heterocycles. The van der Waals surface area contributed by atoms with Crippen molar-refractivity contribution in [3.8, 4) is 0 Å². The van der Waals surface area contributed by atoms with E-state index in [1.54, 1.807) is 0 Å². The molecule has 0 aromatic heterocycles. The van der Waals surface area contributed by atoms with Gasteiger partial charge < -0.3 is 4.90 Å². The van der Waals surface area contributed by atoms with Gasteiger partial charge in [-0.2, -0.15) is 13.2 Å². The number of hydrogen-bond donors (Lipinski definition) is 0. The smallest absolute Gasteiger partial charge is 0.302 e. The Morgan fingerprint density at radius 2 is 2.05 bits per heavy atom. The van der Waals surface area contributed by atoms with E-state index in [1.165, 1.54) is 17.2 Å². The van der Waals surface area contributed by atoms with Gasteiger partial charge >= 0.3 is 6.18 Å². The Balaban J connectivity index is 2.24. The van der Waals surface area contributed by atoms with Crippen LogP contribution in [0.2, 0.25) is 0 Å². The molecule has 0 amide bonds. The number of aliphatic imine (C=N–C) groups is 1. The van der Waals surface area contributed by atoms with Crippen LogP contribution in [0.1, 0.15) is 0 Å². The van der Waals surface area contributed by atoms with Crippen molar-refractivity contribution in [2.45, 2.75) is 6.18 Å². The molecule has 0 radical (unpaired) electrons. The summed E-state index contributed by atoms with van der Waals surface area (Å²) in [6.07, 6.45) is 1.44. The molecule has 0 fully saturated rings. The molecule has 0 N–H and O–H groups in total. The van der Waals surface area contributed by atoms with Gasteiger partial charge in [0.25, 0.3) is 11.5 Å². The number of nitrogens with zero attached hydrogens (tertiary/aromatic N) is 3. The van der Waals surface area contributed by atoms with Gasteiger partial charge in [0, 0.05) is 18.4 Å². The topological polar surface area (TPSA) is 75.8 Å². The lowest BCUT2D eigenvalue weighted by molar-refractivity contribution is -0.419. The van der Waals surface area contributed by atoms with Gasteiger partial charge in [0.2, 0.25) is 0 Å². The highest BCUT2D eigenvalue weighted by Crippen LogP contribution is 2.21. The average molecular weight is 285 g/mol. The van der Waals surface area contributed by atoms with Gasteiger partial charge in [-0.3, -0.25) is 14.9 Å². The van der Waals surface area contributed by atoms with Gasteiger partial charge in [-0.1, -0.05) is 0 Å². The normalized spacial score (nSPS) is 19.6. The third-order valence-corrected chi connectivity index (χ3v) is 2.36. The van der Waals surface area contributed by atoms with Gasteiger partial charge in [-0.25, -0.2) is 4.99 Å². The van der Waals surface area contributed by atoms with Crippen LogP contribution in [0, 0.1) is 10.1 Å². The fourth-order valence-electron chi connectivity index (χ4n) is 1.44. The number of ketones is 1. The number of halogens is 3. The summed E-state index contributed by atoms with van der Waals surface area (Å²) in [6, 6.07) is 0. The maximum Gasteiger partial charge on any atom is 0.454 e. The van der Waals surface area contributed by atoms with Gasteiger partial charge in [-0.15, -0.1) is 0 Å². The SMILES string of the molecule is O=C(/C=C1/C=CN2C=C([N+](=O)[O-])C=CC2=N1)C(F)(F)F. The molecule has 2 rings (SSSR count). The van der Waals surface area contributed by atoms with Crippen LogP contribution in [0.15, 0.2) is 53.1 Å². The second kappa shape index (κ2) is 4.76. The second-order valence-electron chi connectivity index (χ2n) is 3.77. The van der Waals surface area contributed by atoms with E-state index in [0.29, 0.717) is 6.08 Å². The molecular formula is C11H6F3N3O3. The van der Waals surface area contributed by atoms with Crippen molar-refractivity contribution in [2.75, 3.05) is 0 Å². The molecule has 0 unspecified atom stereocenters. The van der Waals surface area contributed by atoms with Crippen molar-refractivity contribution >= 4 is 11.6 Å². The number of alkyl halides is 3. The van der Waals surface area contributed by atoms with Crippen LogP contribution < -0.4 is 0 Å². The van der Waals surface area contributed by atoms with E-state index < -0.39 is 16.9 Å². The summed E-state index contributed by atoms with van der Waals surface area (Å²) < 4.78 is 36.3. The number of hydrogen-bond acceptors (Lipinski definition) is 5. The summed E-state index contributed by atoms with van der Waals surface area (Å²) in [5.41, 5.74) is -0.367. The molecule has 9 heteroatoms. The molecule has 20 heavy (non-hydrogen) atoms. The lowest BCUT2D eigenvalue weighted by atomic mass is 10.2. The average Bonchev–Trinajstić information content (AvgIpc) is 2.36. The molecule has 2 aliphatic heterocycles. The maximum absolute atomic E-state index is 12.1. The molecular weight excluding hydrogens is 279 g/mol. The molecule has 0 saturated heterocycles. The molecule has 0 atom stereocenters. The largest absolute Gasteiger partial charge is 0.454 e. The number of allylic oxidation sites excluding steroid dienone is 3. The van der Waals surface area contributed by atoms with Crippen molar-refractivity contribution in [3.63, 3.8) is 0 Å². The van der Waals surface area contributed by atoms with Crippen molar-refractivity contribution in [1.29, 1.82) is 0 Å². The van der Waals surface area contributed by atoms with E-state index in [0.717, 1.165) is 18.4 Å². The third-order valence-electron chi connectivity index (χ3n) is 2.36. The second-order valence-corrected chi connectivity index (χ2v) is 3.77. The predicted molar refractivity (Wildman–Crippen MR) is 61.8 cm³/mol. The van der Waals surface area contributed by atoms with Crippen LogP contribution >= 0.6 is 0 Å². The Morgan fingerprint density at radius 3 is 2.65 bits per heavy atom. The fraction of sp³-hybridized carbons (Fsp3) is 0.0909. The highest BCUT2D eigenvalue weighted by molar-refractivity contribution is 5.99. The van der Waals surface area contributed by atoms with Crippen LogP contribution in [0.25, 0.3) is 0 Å². The molecule has 0 aromatic carbocycles. The number of nitro groups is 1.